The SMILES string of the molecule is Cc1cc(C)cc([Si](Cl)(c2cc(Cc3ccccc3)cc(Cc3ccccc3)c2)c2cc(Cc3ccccc3)cc(Cc3ccccc3)c2)c1. The topological polar surface area (TPSA) is 0 Å². The Bertz CT molecular complexity index is 1900. The zero-order valence-corrected chi connectivity index (χ0v) is 30.7. The van der Waals surface area contributed by atoms with Crippen molar-refractivity contribution in [1.82, 2.24) is 0 Å². The predicted octanol–water partition coefficient (Wildman–Crippen LogP) is 9.87. The van der Waals surface area contributed by atoms with Crippen molar-refractivity contribution in [1.29, 1.82) is 0 Å². The Morgan fingerprint density at radius 1 is 0.320 bits per heavy atom. The summed E-state index contributed by atoms with van der Waals surface area (Å²) in [5.74, 6) is 0. The summed E-state index contributed by atoms with van der Waals surface area (Å²) in [5, 5.41) is 3.72. The number of hydrogen-bond acceptors (Lipinski definition) is 0. The lowest BCUT2D eigenvalue weighted by molar-refractivity contribution is 1.14. The van der Waals surface area contributed by atoms with Crippen molar-refractivity contribution in [3.8, 4) is 0 Å². The van der Waals surface area contributed by atoms with Crippen molar-refractivity contribution in [3.05, 3.63) is 232 Å². The minimum atomic E-state index is -3.06. The predicted molar refractivity (Wildman–Crippen MR) is 216 cm³/mol. The van der Waals surface area contributed by atoms with E-state index in [0.717, 1.165) is 25.7 Å². The molecule has 7 aromatic carbocycles. The summed E-state index contributed by atoms with van der Waals surface area (Å²) < 4.78 is 0. The van der Waals surface area contributed by atoms with E-state index in [2.05, 4.69) is 190 Å². The first-order valence-corrected chi connectivity index (χ1v) is 20.6. The van der Waals surface area contributed by atoms with Gasteiger partial charge in [0.05, 0.1) is 0 Å². The number of aryl methyl sites for hydroxylation is 2. The van der Waals surface area contributed by atoms with Gasteiger partial charge in [0.15, 0.2) is 0 Å². The second-order valence-corrected chi connectivity index (χ2v) is 18.5. The summed E-state index contributed by atoms with van der Waals surface area (Å²) in [6.07, 6.45) is 3.44. The Morgan fingerprint density at radius 3 is 0.860 bits per heavy atom. The van der Waals surface area contributed by atoms with Crippen molar-refractivity contribution < 1.29 is 0 Å². The molecule has 0 aliphatic heterocycles. The zero-order chi connectivity index (χ0) is 34.3. The Morgan fingerprint density at radius 2 is 0.580 bits per heavy atom. The van der Waals surface area contributed by atoms with Crippen LogP contribution in [0.15, 0.2) is 176 Å². The van der Waals surface area contributed by atoms with E-state index in [9.17, 15) is 0 Å². The molecule has 0 spiro atoms. The molecule has 7 aromatic rings. The molecule has 0 nitrogen and oxygen atoms in total. The molecule has 0 aromatic heterocycles. The summed E-state index contributed by atoms with van der Waals surface area (Å²) in [7, 11) is -3.06. The maximum absolute atomic E-state index is 8.50. The molecule has 0 heterocycles. The Balaban J connectivity index is 1.44. The summed E-state index contributed by atoms with van der Waals surface area (Å²) in [6, 6.07) is 64.6. The minimum Gasteiger partial charge on any atom is -0.149 e. The molecule has 246 valence electrons. The highest BCUT2D eigenvalue weighted by molar-refractivity contribution is 7.40. The van der Waals surface area contributed by atoms with Crippen LogP contribution in [0.4, 0.5) is 0 Å². The molecule has 0 N–H and O–H groups in total. The highest BCUT2D eigenvalue weighted by Gasteiger charge is 2.39. The standard InChI is InChI=1S/C48H43ClSi/c1-36-23-37(2)25-46(24-36)50(49,47-32-42(26-38-15-7-3-8-16-38)30-43(33-47)27-39-17-9-4-10-18-39)48-34-44(28-40-19-11-5-12-20-40)31-45(35-48)29-41-21-13-6-14-22-41/h3-25,30-35H,26-29H2,1-2H3. The second kappa shape index (κ2) is 15.3. The van der Waals surface area contributed by atoms with Gasteiger partial charge in [-0.3, -0.25) is 0 Å². The smallest absolute Gasteiger partial charge is 0.149 e. The molecule has 7 rings (SSSR count). The van der Waals surface area contributed by atoms with Gasteiger partial charge >= 0.3 is 0 Å². The van der Waals surface area contributed by atoms with Gasteiger partial charge in [-0.05, 0) is 99.6 Å². The maximum Gasteiger partial charge on any atom is 0.247 e. The molecule has 0 unspecified atom stereocenters. The van der Waals surface area contributed by atoms with Crippen LogP contribution < -0.4 is 15.6 Å². The number of benzene rings is 7. The van der Waals surface area contributed by atoms with E-state index in [-0.39, 0.29) is 0 Å². The van der Waals surface area contributed by atoms with E-state index in [1.165, 1.54) is 71.2 Å². The average molecular weight is 683 g/mol. The number of halogens is 1. The first-order chi connectivity index (χ1) is 24.4. The van der Waals surface area contributed by atoms with Crippen LogP contribution in [0.2, 0.25) is 0 Å². The molecule has 0 fully saturated rings. The van der Waals surface area contributed by atoms with Crippen molar-refractivity contribution in [3.63, 3.8) is 0 Å². The first kappa shape index (κ1) is 33.5. The number of hydrogen-bond donors (Lipinski definition) is 0. The highest BCUT2D eigenvalue weighted by Crippen LogP contribution is 2.23. The molecule has 0 saturated heterocycles. The summed E-state index contributed by atoms with van der Waals surface area (Å²) >= 11 is 8.50. The fourth-order valence-corrected chi connectivity index (χ4v) is 11.7. The van der Waals surface area contributed by atoms with Gasteiger partial charge < -0.3 is 0 Å². The van der Waals surface area contributed by atoms with Crippen LogP contribution in [-0.4, -0.2) is 7.38 Å². The van der Waals surface area contributed by atoms with Gasteiger partial charge in [-0.25, -0.2) is 0 Å². The van der Waals surface area contributed by atoms with Gasteiger partial charge in [0.2, 0.25) is 7.38 Å². The Kier molecular flexibility index (Phi) is 10.3. The van der Waals surface area contributed by atoms with Crippen molar-refractivity contribution in [2.24, 2.45) is 0 Å². The third-order valence-electron chi connectivity index (χ3n) is 9.52. The first-order valence-electron chi connectivity index (χ1n) is 17.6. The van der Waals surface area contributed by atoms with E-state index in [1.54, 1.807) is 0 Å². The van der Waals surface area contributed by atoms with Gasteiger partial charge in [0.1, 0.15) is 0 Å². The van der Waals surface area contributed by atoms with E-state index in [4.69, 9.17) is 11.1 Å². The summed E-state index contributed by atoms with van der Waals surface area (Å²) in [5.41, 5.74) is 12.9. The summed E-state index contributed by atoms with van der Waals surface area (Å²) in [4.78, 5) is 0. The largest absolute Gasteiger partial charge is 0.247 e. The van der Waals surface area contributed by atoms with Gasteiger partial charge in [-0.2, -0.15) is 0 Å². The minimum absolute atomic E-state index is 0.859. The van der Waals surface area contributed by atoms with Crippen LogP contribution >= 0.6 is 11.1 Å². The molecule has 2 heteroatoms. The lowest BCUT2D eigenvalue weighted by atomic mass is 9.99. The summed E-state index contributed by atoms with van der Waals surface area (Å²) in [6.45, 7) is 4.39. The molecule has 0 bridgehead atoms. The number of rotatable bonds is 11. The monoisotopic (exact) mass is 682 g/mol. The van der Waals surface area contributed by atoms with Crippen LogP contribution in [0.3, 0.4) is 0 Å². The van der Waals surface area contributed by atoms with Gasteiger partial charge in [-0.15, -0.1) is 11.1 Å². The lowest BCUT2D eigenvalue weighted by Crippen LogP contribution is -2.63. The molecule has 0 aliphatic carbocycles. The van der Waals surface area contributed by atoms with Gasteiger partial charge in [0, 0.05) is 0 Å². The molecule has 50 heavy (non-hydrogen) atoms. The lowest BCUT2D eigenvalue weighted by Gasteiger charge is -2.29. The van der Waals surface area contributed by atoms with Crippen LogP contribution in [0.5, 0.6) is 0 Å². The van der Waals surface area contributed by atoms with Gasteiger partial charge in [0.25, 0.3) is 0 Å². The van der Waals surface area contributed by atoms with Crippen molar-refractivity contribution in [2.75, 3.05) is 0 Å². The maximum atomic E-state index is 8.50. The zero-order valence-electron chi connectivity index (χ0n) is 28.9. The van der Waals surface area contributed by atoms with E-state index >= 15 is 0 Å². The van der Waals surface area contributed by atoms with Crippen LogP contribution in [0.25, 0.3) is 0 Å². The van der Waals surface area contributed by atoms with Gasteiger partial charge in [-0.1, -0.05) is 187 Å². The van der Waals surface area contributed by atoms with E-state index < -0.39 is 7.38 Å². The Hall–Kier alpha value is -4.95. The molecule has 0 aliphatic rings. The van der Waals surface area contributed by atoms with Crippen molar-refractivity contribution >= 4 is 34.0 Å². The average Bonchev–Trinajstić information content (AvgIpc) is 3.12. The van der Waals surface area contributed by atoms with Crippen LogP contribution in [0.1, 0.15) is 55.6 Å². The fourth-order valence-electron chi connectivity index (χ4n) is 7.33. The quantitative estimate of drug-likeness (QED) is 0.0724. The molecule has 0 saturated carbocycles. The Labute approximate surface area is 303 Å². The highest BCUT2D eigenvalue weighted by atomic mass is 35.6. The second-order valence-electron chi connectivity index (χ2n) is 13.8. The normalized spacial score (nSPS) is 11.4. The molecular formula is C48H43ClSi. The third kappa shape index (κ3) is 8.08. The van der Waals surface area contributed by atoms with E-state index in [0.29, 0.717) is 0 Å². The molecule has 0 atom stereocenters. The van der Waals surface area contributed by atoms with Crippen molar-refractivity contribution in [2.45, 2.75) is 39.5 Å². The molecule has 0 radical (unpaired) electrons. The molecule has 0 amide bonds. The van der Waals surface area contributed by atoms with E-state index in [1.807, 2.05) is 0 Å². The van der Waals surface area contributed by atoms with Crippen LogP contribution in [-0.2, 0) is 25.7 Å². The molecular weight excluding hydrogens is 640 g/mol. The van der Waals surface area contributed by atoms with Crippen LogP contribution in [0, 0.1) is 13.8 Å². The fraction of sp³-hybridized carbons (Fsp3) is 0.125. The third-order valence-corrected chi connectivity index (χ3v) is 14.7.